The van der Waals surface area contributed by atoms with Crippen LogP contribution < -0.4 is 11.1 Å². The van der Waals surface area contributed by atoms with Crippen LogP contribution in [0.3, 0.4) is 0 Å². The summed E-state index contributed by atoms with van der Waals surface area (Å²) in [7, 11) is 0. The Balaban J connectivity index is 1.66. The highest BCUT2D eigenvalue weighted by Crippen LogP contribution is 2.29. The first-order chi connectivity index (χ1) is 10.6. The minimum atomic E-state index is -0.766. The Labute approximate surface area is 132 Å². The zero-order valence-electron chi connectivity index (χ0n) is 12.1. The van der Waals surface area contributed by atoms with Gasteiger partial charge in [0.2, 0.25) is 5.91 Å². The number of benzene rings is 1. The Morgan fingerprint density at radius 2 is 2.09 bits per heavy atom. The van der Waals surface area contributed by atoms with Gasteiger partial charge in [-0.2, -0.15) is 0 Å². The maximum atomic E-state index is 13.6. The van der Waals surface area contributed by atoms with Crippen molar-refractivity contribution in [2.45, 2.75) is 37.6 Å². The fourth-order valence-electron chi connectivity index (χ4n) is 2.73. The number of anilines is 1. The number of hydrogen-bond acceptors (Lipinski definition) is 4. The van der Waals surface area contributed by atoms with Crippen LogP contribution in [0.15, 0.2) is 30.5 Å². The SMILES string of the molecule is NC1(C(=O)Nc2ncc(Cc3ccccc3F)s2)CCCC1. The van der Waals surface area contributed by atoms with Crippen molar-refractivity contribution in [3.8, 4) is 0 Å². The number of nitrogens with one attached hydrogen (secondary N) is 1. The van der Waals surface area contributed by atoms with Gasteiger partial charge in [0.1, 0.15) is 5.82 Å². The molecule has 1 aliphatic rings. The van der Waals surface area contributed by atoms with E-state index in [1.54, 1.807) is 24.4 Å². The van der Waals surface area contributed by atoms with Gasteiger partial charge < -0.3 is 11.1 Å². The van der Waals surface area contributed by atoms with Gasteiger partial charge in [-0.3, -0.25) is 4.79 Å². The molecule has 3 N–H and O–H groups in total. The molecule has 1 aliphatic carbocycles. The van der Waals surface area contributed by atoms with Gasteiger partial charge in [-0.25, -0.2) is 9.37 Å². The van der Waals surface area contributed by atoms with Crippen LogP contribution in [0.5, 0.6) is 0 Å². The number of nitrogens with two attached hydrogens (primary N) is 1. The number of nitrogens with zero attached hydrogens (tertiary/aromatic N) is 1. The molecule has 22 heavy (non-hydrogen) atoms. The second-order valence-corrected chi connectivity index (χ2v) is 6.83. The van der Waals surface area contributed by atoms with Crippen LogP contribution in [0, 0.1) is 5.82 Å². The summed E-state index contributed by atoms with van der Waals surface area (Å²) in [6, 6.07) is 6.66. The highest BCUT2D eigenvalue weighted by atomic mass is 32.1. The standard InChI is InChI=1S/C16H18FN3OS/c17-13-6-2-1-5-11(13)9-12-10-19-15(22-12)20-14(21)16(18)7-3-4-8-16/h1-2,5-6,10H,3-4,7-9,18H2,(H,19,20,21). The van der Waals surface area contributed by atoms with Crippen molar-refractivity contribution in [3.63, 3.8) is 0 Å². The Bertz CT molecular complexity index is 680. The van der Waals surface area contributed by atoms with E-state index in [4.69, 9.17) is 5.73 Å². The molecule has 0 aliphatic heterocycles. The van der Waals surface area contributed by atoms with Gasteiger partial charge in [-0.15, -0.1) is 11.3 Å². The van der Waals surface area contributed by atoms with E-state index in [0.717, 1.165) is 17.7 Å². The van der Waals surface area contributed by atoms with Crippen molar-refractivity contribution >= 4 is 22.4 Å². The Morgan fingerprint density at radius 1 is 1.36 bits per heavy atom. The smallest absolute Gasteiger partial charge is 0.246 e. The summed E-state index contributed by atoms with van der Waals surface area (Å²) in [5.74, 6) is -0.398. The number of carbonyl (C=O) groups is 1. The predicted octanol–water partition coefficient (Wildman–Crippen LogP) is 3.08. The van der Waals surface area contributed by atoms with Crippen molar-refractivity contribution in [1.29, 1.82) is 0 Å². The van der Waals surface area contributed by atoms with E-state index in [-0.39, 0.29) is 11.7 Å². The zero-order valence-corrected chi connectivity index (χ0v) is 13.0. The molecule has 4 nitrogen and oxygen atoms in total. The molecule has 1 aromatic heterocycles. The number of amides is 1. The fourth-order valence-corrected chi connectivity index (χ4v) is 3.56. The third kappa shape index (κ3) is 3.18. The monoisotopic (exact) mass is 319 g/mol. The molecule has 2 aromatic rings. The first kappa shape index (κ1) is 15.1. The largest absolute Gasteiger partial charge is 0.317 e. The summed E-state index contributed by atoms with van der Waals surface area (Å²) in [5.41, 5.74) is 5.97. The molecular weight excluding hydrogens is 301 g/mol. The quantitative estimate of drug-likeness (QED) is 0.910. The molecule has 0 spiro atoms. The van der Waals surface area contributed by atoms with Gasteiger partial charge in [0.25, 0.3) is 0 Å². The molecule has 1 fully saturated rings. The van der Waals surface area contributed by atoms with Crippen LogP contribution in [-0.2, 0) is 11.2 Å². The van der Waals surface area contributed by atoms with Crippen LogP contribution in [-0.4, -0.2) is 16.4 Å². The first-order valence-electron chi connectivity index (χ1n) is 7.35. The number of thiazole rings is 1. The van der Waals surface area contributed by atoms with E-state index in [2.05, 4.69) is 10.3 Å². The molecule has 0 saturated heterocycles. The topological polar surface area (TPSA) is 68.0 Å². The van der Waals surface area contributed by atoms with E-state index < -0.39 is 5.54 Å². The molecule has 1 amide bonds. The molecule has 0 unspecified atom stereocenters. The van der Waals surface area contributed by atoms with Gasteiger partial charge in [-0.05, 0) is 24.5 Å². The maximum absolute atomic E-state index is 13.6. The summed E-state index contributed by atoms with van der Waals surface area (Å²) in [6.45, 7) is 0. The van der Waals surface area contributed by atoms with E-state index in [9.17, 15) is 9.18 Å². The number of carbonyl (C=O) groups excluding carboxylic acids is 1. The Kier molecular flexibility index (Phi) is 4.22. The van der Waals surface area contributed by atoms with Gasteiger partial charge in [0.05, 0.1) is 5.54 Å². The van der Waals surface area contributed by atoms with E-state index >= 15 is 0 Å². The number of hydrogen-bond donors (Lipinski definition) is 2. The molecule has 3 rings (SSSR count). The lowest BCUT2D eigenvalue weighted by molar-refractivity contribution is -0.121. The average Bonchev–Trinajstić information content (AvgIpc) is 3.12. The zero-order chi connectivity index (χ0) is 15.6. The van der Waals surface area contributed by atoms with Crippen molar-refractivity contribution in [2.75, 3.05) is 5.32 Å². The second-order valence-electron chi connectivity index (χ2n) is 5.72. The predicted molar refractivity (Wildman–Crippen MR) is 85.3 cm³/mol. The summed E-state index contributed by atoms with van der Waals surface area (Å²) < 4.78 is 13.6. The van der Waals surface area contributed by atoms with Crippen molar-refractivity contribution in [2.24, 2.45) is 5.73 Å². The lowest BCUT2D eigenvalue weighted by atomic mass is 9.98. The minimum absolute atomic E-state index is 0.170. The molecule has 1 heterocycles. The van der Waals surface area contributed by atoms with E-state index in [1.165, 1.54) is 17.4 Å². The Morgan fingerprint density at radius 3 is 2.82 bits per heavy atom. The van der Waals surface area contributed by atoms with Crippen molar-refractivity contribution in [1.82, 2.24) is 4.98 Å². The number of aromatic nitrogens is 1. The second kappa shape index (κ2) is 6.14. The van der Waals surface area contributed by atoms with E-state index in [0.29, 0.717) is 30.0 Å². The Hall–Kier alpha value is -1.79. The number of rotatable bonds is 4. The van der Waals surface area contributed by atoms with Gasteiger partial charge in [0, 0.05) is 17.5 Å². The van der Waals surface area contributed by atoms with E-state index in [1.807, 2.05) is 0 Å². The molecule has 1 saturated carbocycles. The van der Waals surface area contributed by atoms with Gasteiger partial charge in [-0.1, -0.05) is 31.0 Å². The average molecular weight is 319 g/mol. The van der Waals surface area contributed by atoms with Gasteiger partial charge in [0.15, 0.2) is 5.13 Å². The highest BCUT2D eigenvalue weighted by Gasteiger charge is 2.37. The summed E-state index contributed by atoms with van der Waals surface area (Å²) in [6.07, 6.45) is 5.54. The summed E-state index contributed by atoms with van der Waals surface area (Å²) in [5, 5.41) is 3.32. The maximum Gasteiger partial charge on any atom is 0.246 e. The third-order valence-corrected chi connectivity index (χ3v) is 4.96. The van der Waals surface area contributed by atoms with Crippen molar-refractivity contribution in [3.05, 3.63) is 46.7 Å². The lowest BCUT2D eigenvalue weighted by Gasteiger charge is -2.21. The van der Waals surface area contributed by atoms with Crippen LogP contribution in [0.4, 0.5) is 9.52 Å². The third-order valence-electron chi connectivity index (χ3n) is 4.04. The number of halogens is 1. The molecule has 0 bridgehead atoms. The van der Waals surface area contributed by atoms with Gasteiger partial charge >= 0.3 is 0 Å². The van der Waals surface area contributed by atoms with Crippen molar-refractivity contribution < 1.29 is 9.18 Å². The van der Waals surface area contributed by atoms with Crippen LogP contribution in [0.1, 0.15) is 36.1 Å². The minimum Gasteiger partial charge on any atom is -0.317 e. The first-order valence-corrected chi connectivity index (χ1v) is 8.17. The summed E-state index contributed by atoms with van der Waals surface area (Å²) >= 11 is 1.36. The molecule has 116 valence electrons. The van der Waals surface area contributed by atoms with Crippen LogP contribution >= 0.6 is 11.3 Å². The lowest BCUT2D eigenvalue weighted by Crippen LogP contribution is -2.48. The molecule has 0 atom stereocenters. The normalized spacial score (nSPS) is 16.6. The molecule has 6 heteroatoms. The fraction of sp³-hybridized carbons (Fsp3) is 0.375. The molecule has 0 radical (unpaired) electrons. The molecule has 1 aromatic carbocycles. The highest BCUT2D eigenvalue weighted by molar-refractivity contribution is 7.15. The summed E-state index contributed by atoms with van der Waals surface area (Å²) in [4.78, 5) is 17.3. The van der Waals surface area contributed by atoms with Crippen LogP contribution in [0.2, 0.25) is 0 Å². The molecular formula is C16H18FN3OS. The van der Waals surface area contributed by atoms with Crippen LogP contribution in [0.25, 0.3) is 0 Å².